The number of carbonyl (C=O) groups is 1. The van der Waals surface area contributed by atoms with Gasteiger partial charge in [0, 0.05) is 32.7 Å². The van der Waals surface area contributed by atoms with Crippen molar-refractivity contribution in [3.05, 3.63) is 0 Å². The summed E-state index contributed by atoms with van der Waals surface area (Å²) in [5.74, 6) is 0.585. The van der Waals surface area contributed by atoms with E-state index < -0.39 is 0 Å². The molecule has 0 aromatic rings. The van der Waals surface area contributed by atoms with Crippen molar-refractivity contribution < 1.29 is 9.53 Å². The van der Waals surface area contributed by atoms with Gasteiger partial charge in [0.1, 0.15) is 6.04 Å². The van der Waals surface area contributed by atoms with Gasteiger partial charge in [0.05, 0.1) is 7.11 Å². The van der Waals surface area contributed by atoms with E-state index in [1.54, 1.807) is 0 Å². The van der Waals surface area contributed by atoms with Crippen molar-refractivity contribution in [1.82, 2.24) is 9.80 Å². The van der Waals surface area contributed by atoms with Gasteiger partial charge < -0.3 is 9.64 Å². The minimum Gasteiger partial charge on any atom is -0.468 e. The fourth-order valence-corrected chi connectivity index (χ4v) is 2.17. The Morgan fingerprint density at radius 1 is 1.19 bits per heavy atom. The zero-order valence-electron chi connectivity index (χ0n) is 10.9. The maximum absolute atomic E-state index is 11.4. The monoisotopic (exact) mass is 228 g/mol. The molecule has 1 rings (SSSR count). The molecule has 0 radical (unpaired) electrons. The molecule has 0 spiro atoms. The van der Waals surface area contributed by atoms with Crippen LogP contribution in [0.2, 0.25) is 0 Å². The summed E-state index contributed by atoms with van der Waals surface area (Å²) in [6.45, 7) is 11.6. The van der Waals surface area contributed by atoms with Gasteiger partial charge in [0.2, 0.25) is 0 Å². The molecule has 1 unspecified atom stereocenters. The Morgan fingerprint density at radius 3 is 2.19 bits per heavy atom. The fraction of sp³-hybridized carbons (Fsp3) is 0.917. The lowest BCUT2D eigenvalue weighted by Gasteiger charge is -2.37. The molecule has 0 amide bonds. The van der Waals surface area contributed by atoms with Crippen molar-refractivity contribution in [3.8, 4) is 0 Å². The second-order valence-electron chi connectivity index (χ2n) is 4.93. The molecule has 1 aliphatic heterocycles. The molecule has 1 saturated heterocycles. The van der Waals surface area contributed by atoms with E-state index in [1.165, 1.54) is 7.11 Å². The predicted molar refractivity (Wildman–Crippen MR) is 64.3 cm³/mol. The maximum Gasteiger partial charge on any atom is 0.322 e. The Morgan fingerprint density at radius 2 is 1.75 bits per heavy atom. The number of ether oxygens (including phenoxy) is 1. The molecule has 16 heavy (non-hydrogen) atoms. The average molecular weight is 228 g/mol. The molecule has 1 heterocycles. The van der Waals surface area contributed by atoms with Gasteiger partial charge >= 0.3 is 5.97 Å². The molecule has 0 aliphatic carbocycles. The topological polar surface area (TPSA) is 32.8 Å². The third-order valence-corrected chi connectivity index (χ3v) is 3.12. The van der Waals surface area contributed by atoms with Crippen molar-refractivity contribution >= 4 is 5.97 Å². The number of hydrogen-bond acceptors (Lipinski definition) is 4. The van der Waals surface area contributed by atoms with Gasteiger partial charge in [-0.15, -0.1) is 0 Å². The average Bonchev–Trinajstić information content (AvgIpc) is 2.27. The molecule has 0 bridgehead atoms. The minimum atomic E-state index is -0.127. The Balaban J connectivity index is 2.34. The van der Waals surface area contributed by atoms with Gasteiger partial charge in [0.25, 0.3) is 0 Å². The molecule has 4 heteroatoms. The van der Waals surface area contributed by atoms with Crippen molar-refractivity contribution in [2.45, 2.75) is 26.8 Å². The summed E-state index contributed by atoms with van der Waals surface area (Å²) in [6.07, 6.45) is 0. The molecule has 0 aromatic heterocycles. The second-order valence-corrected chi connectivity index (χ2v) is 4.93. The Kier molecular flexibility index (Phi) is 5.22. The first kappa shape index (κ1) is 13.5. The highest BCUT2D eigenvalue weighted by Crippen LogP contribution is 2.09. The molecular weight excluding hydrogens is 204 g/mol. The predicted octanol–water partition coefficient (Wildman–Crippen LogP) is 0.821. The van der Waals surface area contributed by atoms with Crippen LogP contribution >= 0.6 is 0 Å². The van der Waals surface area contributed by atoms with Gasteiger partial charge in [-0.3, -0.25) is 9.69 Å². The van der Waals surface area contributed by atoms with E-state index in [1.807, 2.05) is 6.92 Å². The van der Waals surface area contributed by atoms with Crippen LogP contribution in [0.5, 0.6) is 0 Å². The van der Waals surface area contributed by atoms with E-state index in [-0.39, 0.29) is 12.0 Å². The quantitative estimate of drug-likeness (QED) is 0.667. The van der Waals surface area contributed by atoms with Crippen LogP contribution in [0, 0.1) is 5.92 Å². The second kappa shape index (κ2) is 6.21. The van der Waals surface area contributed by atoms with Gasteiger partial charge in [-0.05, 0) is 12.8 Å². The van der Waals surface area contributed by atoms with Crippen LogP contribution in [0.25, 0.3) is 0 Å². The van der Waals surface area contributed by atoms with Crippen LogP contribution in [0.3, 0.4) is 0 Å². The first-order valence-electron chi connectivity index (χ1n) is 6.08. The molecule has 1 atom stereocenters. The molecule has 4 nitrogen and oxygen atoms in total. The van der Waals surface area contributed by atoms with Crippen LogP contribution < -0.4 is 0 Å². The van der Waals surface area contributed by atoms with Gasteiger partial charge in [0.15, 0.2) is 0 Å². The van der Waals surface area contributed by atoms with E-state index in [4.69, 9.17) is 4.74 Å². The first-order valence-corrected chi connectivity index (χ1v) is 6.08. The lowest BCUT2D eigenvalue weighted by Crippen LogP contribution is -2.52. The van der Waals surface area contributed by atoms with Gasteiger partial charge in [-0.2, -0.15) is 0 Å². The summed E-state index contributed by atoms with van der Waals surface area (Å²) >= 11 is 0. The van der Waals surface area contributed by atoms with Crippen LogP contribution in [0.4, 0.5) is 0 Å². The molecule has 0 saturated carbocycles. The first-order chi connectivity index (χ1) is 7.54. The smallest absolute Gasteiger partial charge is 0.322 e. The van der Waals surface area contributed by atoms with Crippen LogP contribution in [0.1, 0.15) is 20.8 Å². The number of carbonyl (C=O) groups excluding carboxylic acids is 1. The lowest BCUT2D eigenvalue weighted by atomic mass is 10.1. The van der Waals surface area contributed by atoms with Crippen molar-refractivity contribution in [1.29, 1.82) is 0 Å². The van der Waals surface area contributed by atoms with E-state index in [0.29, 0.717) is 5.92 Å². The summed E-state index contributed by atoms with van der Waals surface area (Å²) in [5.41, 5.74) is 0. The van der Waals surface area contributed by atoms with E-state index in [9.17, 15) is 4.79 Å². The normalized spacial score (nSPS) is 21.1. The van der Waals surface area contributed by atoms with Crippen LogP contribution in [-0.2, 0) is 9.53 Å². The van der Waals surface area contributed by atoms with Crippen LogP contribution in [0.15, 0.2) is 0 Å². The zero-order valence-corrected chi connectivity index (χ0v) is 10.9. The molecule has 0 aromatic carbocycles. The minimum absolute atomic E-state index is 0.105. The number of rotatable bonds is 4. The Bertz CT molecular complexity index is 223. The highest BCUT2D eigenvalue weighted by Gasteiger charge is 2.25. The van der Waals surface area contributed by atoms with E-state index in [0.717, 1.165) is 32.7 Å². The van der Waals surface area contributed by atoms with E-state index in [2.05, 4.69) is 23.6 Å². The highest BCUT2D eigenvalue weighted by atomic mass is 16.5. The zero-order chi connectivity index (χ0) is 12.1. The molecular formula is C12H24N2O2. The lowest BCUT2D eigenvalue weighted by molar-refractivity contribution is -0.147. The summed E-state index contributed by atoms with van der Waals surface area (Å²) in [7, 11) is 1.45. The molecule has 1 aliphatic rings. The standard InChI is InChI=1S/C12H24N2O2/c1-10(2)9-13-5-7-14(8-6-13)11(3)12(15)16-4/h10-11H,5-9H2,1-4H3. The maximum atomic E-state index is 11.4. The summed E-state index contributed by atoms with van der Waals surface area (Å²) in [6, 6.07) is -0.105. The third kappa shape index (κ3) is 3.76. The largest absolute Gasteiger partial charge is 0.468 e. The number of methoxy groups -OCH3 is 1. The van der Waals surface area contributed by atoms with Crippen molar-refractivity contribution in [2.24, 2.45) is 5.92 Å². The highest BCUT2D eigenvalue weighted by molar-refractivity contribution is 5.75. The van der Waals surface area contributed by atoms with Gasteiger partial charge in [-0.25, -0.2) is 0 Å². The Labute approximate surface area is 98.5 Å². The molecule has 94 valence electrons. The SMILES string of the molecule is COC(=O)C(C)N1CCN(CC(C)C)CC1. The number of nitrogens with zero attached hydrogens (tertiary/aromatic N) is 2. The fourth-order valence-electron chi connectivity index (χ4n) is 2.17. The Hall–Kier alpha value is -0.610. The molecule has 1 fully saturated rings. The van der Waals surface area contributed by atoms with Crippen molar-refractivity contribution in [2.75, 3.05) is 39.8 Å². The van der Waals surface area contributed by atoms with E-state index >= 15 is 0 Å². The number of piperazine rings is 1. The summed E-state index contributed by atoms with van der Waals surface area (Å²) in [5, 5.41) is 0. The summed E-state index contributed by atoms with van der Waals surface area (Å²) in [4.78, 5) is 16.1. The van der Waals surface area contributed by atoms with Gasteiger partial charge in [-0.1, -0.05) is 13.8 Å². The number of hydrogen-bond donors (Lipinski definition) is 0. The van der Waals surface area contributed by atoms with Crippen LogP contribution in [-0.4, -0.2) is 61.6 Å². The summed E-state index contributed by atoms with van der Waals surface area (Å²) < 4.78 is 4.76. The third-order valence-electron chi connectivity index (χ3n) is 3.12. The number of esters is 1. The molecule has 0 N–H and O–H groups in total. The van der Waals surface area contributed by atoms with Crippen molar-refractivity contribution in [3.63, 3.8) is 0 Å².